The lowest BCUT2D eigenvalue weighted by Gasteiger charge is -2.01. The zero-order chi connectivity index (χ0) is 9.10. The summed E-state index contributed by atoms with van der Waals surface area (Å²) in [4.78, 5) is 0. The number of hydrogen-bond donors (Lipinski definition) is 0. The first-order chi connectivity index (χ1) is 6.40. The van der Waals surface area contributed by atoms with Crippen molar-refractivity contribution in [3.8, 4) is 18.0 Å². The molecule has 2 aromatic rings. The topological polar surface area (TPSA) is 4.93 Å². The van der Waals surface area contributed by atoms with Gasteiger partial charge in [-0.3, -0.25) is 0 Å². The molecule has 0 N–H and O–H groups in total. The summed E-state index contributed by atoms with van der Waals surface area (Å²) in [6.07, 6.45) is 9.27. The largest absolute Gasteiger partial charge is 0.324 e. The van der Waals surface area contributed by atoms with Gasteiger partial charge in [-0.2, -0.15) is 0 Å². The van der Waals surface area contributed by atoms with Crippen molar-refractivity contribution < 1.29 is 0 Å². The molecule has 0 atom stereocenters. The van der Waals surface area contributed by atoms with Crippen LogP contribution >= 0.6 is 0 Å². The van der Waals surface area contributed by atoms with Crippen LogP contribution in [0.4, 0.5) is 0 Å². The minimum atomic E-state index is 0.913. The van der Waals surface area contributed by atoms with Gasteiger partial charge in [0.25, 0.3) is 0 Å². The molecule has 1 nitrogen and oxygen atoms in total. The van der Waals surface area contributed by atoms with Crippen LogP contribution in [0.5, 0.6) is 0 Å². The van der Waals surface area contributed by atoms with Gasteiger partial charge in [0.15, 0.2) is 0 Å². The van der Waals surface area contributed by atoms with Crippen molar-refractivity contribution in [1.82, 2.24) is 4.57 Å². The van der Waals surface area contributed by atoms with Gasteiger partial charge in [0, 0.05) is 23.6 Å². The first kappa shape index (κ1) is 7.70. The molecule has 0 aliphatic carbocycles. The molecular weight excluding hydrogens is 158 g/mol. The van der Waals surface area contributed by atoms with E-state index in [-0.39, 0.29) is 0 Å². The summed E-state index contributed by atoms with van der Waals surface area (Å²) < 4.78 is 2.04. The van der Waals surface area contributed by atoms with Gasteiger partial charge in [-0.05, 0) is 36.4 Å². The van der Waals surface area contributed by atoms with E-state index < -0.39 is 0 Å². The molecule has 0 saturated carbocycles. The van der Waals surface area contributed by atoms with Gasteiger partial charge < -0.3 is 4.57 Å². The Morgan fingerprint density at radius 3 is 2.15 bits per heavy atom. The minimum absolute atomic E-state index is 0.913. The van der Waals surface area contributed by atoms with E-state index in [9.17, 15) is 0 Å². The van der Waals surface area contributed by atoms with Gasteiger partial charge in [-0.1, -0.05) is 5.92 Å². The normalized spacial score (nSPS) is 9.46. The highest BCUT2D eigenvalue weighted by molar-refractivity contribution is 5.40. The quantitative estimate of drug-likeness (QED) is 0.575. The Balaban J connectivity index is 2.40. The van der Waals surface area contributed by atoms with Crippen molar-refractivity contribution in [2.45, 2.75) is 0 Å². The standard InChI is InChI=1S/C12H9N/c1-2-11-5-7-12(8-6-11)13-9-3-4-10-13/h1,3-10H. The van der Waals surface area contributed by atoms with Crippen LogP contribution < -0.4 is 0 Å². The molecule has 0 spiro atoms. The molecule has 0 aliphatic heterocycles. The lowest BCUT2D eigenvalue weighted by Crippen LogP contribution is -1.88. The molecule has 13 heavy (non-hydrogen) atoms. The fourth-order valence-corrected chi connectivity index (χ4v) is 1.24. The molecule has 1 heteroatoms. The van der Waals surface area contributed by atoms with Crippen molar-refractivity contribution in [3.63, 3.8) is 0 Å². The van der Waals surface area contributed by atoms with E-state index in [0.717, 1.165) is 11.3 Å². The molecule has 2 rings (SSSR count). The van der Waals surface area contributed by atoms with Crippen molar-refractivity contribution >= 4 is 0 Å². The number of terminal acetylenes is 1. The maximum Gasteiger partial charge on any atom is 0.0450 e. The first-order valence-corrected chi connectivity index (χ1v) is 4.10. The second-order valence-corrected chi connectivity index (χ2v) is 2.78. The maximum absolute atomic E-state index is 5.26. The van der Waals surface area contributed by atoms with E-state index in [1.54, 1.807) is 0 Å². The van der Waals surface area contributed by atoms with Crippen LogP contribution in [0.2, 0.25) is 0 Å². The second kappa shape index (κ2) is 3.20. The lowest BCUT2D eigenvalue weighted by atomic mass is 10.2. The average molecular weight is 167 g/mol. The highest BCUT2D eigenvalue weighted by atomic mass is 14.9. The Kier molecular flexibility index (Phi) is 1.90. The SMILES string of the molecule is C#Cc1ccc(-n2cccc2)cc1. The molecule has 0 fully saturated rings. The van der Waals surface area contributed by atoms with E-state index >= 15 is 0 Å². The third kappa shape index (κ3) is 1.47. The summed E-state index contributed by atoms with van der Waals surface area (Å²) in [5.41, 5.74) is 2.04. The van der Waals surface area contributed by atoms with Crippen LogP contribution in [-0.4, -0.2) is 4.57 Å². The Hall–Kier alpha value is -1.94. The molecule has 1 aromatic carbocycles. The Labute approximate surface area is 77.6 Å². The summed E-state index contributed by atoms with van der Waals surface area (Å²) in [5, 5.41) is 0. The van der Waals surface area contributed by atoms with Gasteiger partial charge in [0.1, 0.15) is 0 Å². The van der Waals surface area contributed by atoms with Gasteiger partial charge >= 0.3 is 0 Å². The van der Waals surface area contributed by atoms with Crippen LogP contribution in [0, 0.1) is 12.3 Å². The van der Waals surface area contributed by atoms with E-state index in [0.29, 0.717) is 0 Å². The number of rotatable bonds is 1. The van der Waals surface area contributed by atoms with Gasteiger partial charge in [-0.25, -0.2) is 0 Å². The molecule has 0 amide bonds. The predicted octanol–water partition coefficient (Wildman–Crippen LogP) is 2.46. The van der Waals surface area contributed by atoms with E-state index in [4.69, 9.17) is 6.42 Å². The first-order valence-electron chi connectivity index (χ1n) is 4.10. The Morgan fingerprint density at radius 1 is 1.00 bits per heavy atom. The summed E-state index contributed by atoms with van der Waals surface area (Å²) in [7, 11) is 0. The van der Waals surface area contributed by atoms with Crippen molar-refractivity contribution in [2.75, 3.05) is 0 Å². The number of nitrogens with zero attached hydrogens (tertiary/aromatic N) is 1. The monoisotopic (exact) mass is 167 g/mol. The molecule has 0 saturated heterocycles. The van der Waals surface area contributed by atoms with Crippen LogP contribution in [0.3, 0.4) is 0 Å². The third-order valence-corrected chi connectivity index (χ3v) is 1.94. The maximum atomic E-state index is 5.26. The van der Waals surface area contributed by atoms with E-state index in [1.807, 2.05) is 53.4 Å². The molecular formula is C12H9N. The lowest BCUT2D eigenvalue weighted by molar-refractivity contribution is 1.08. The number of benzene rings is 1. The van der Waals surface area contributed by atoms with Crippen molar-refractivity contribution in [2.24, 2.45) is 0 Å². The summed E-state index contributed by atoms with van der Waals surface area (Å²) in [6.45, 7) is 0. The van der Waals surface area contributed by atoms with Crippen LogP contribution in [0.25, 0.3) is 5.69 Å². The summed E-state index contributed by atoms with van der Waals surface area (Å²) in [6, 6.07) is 11.9. The number of hydrogen-bond acceptors (Lipinski definition) is 0. The van der Waals surface area contributed by atoms with Crippen molar-refractivity contribution in [1.29, 1.82) is 0 Å². The summed E-state index contributed by atoms with van der Waals surface area (Å²) >= 11 is 0. The molecule has 1 heterocycles. The Bertz CT molecular complexity index is 415. The molecule has 62 valence electrons. The summed E-state index contributed by atoms with van der Waals surface area (Å²) in [5.74, 6) is 2.59. The average Bonchev–Trinajstić information content (AvgIpc) is 2.71. The highest BCUT2D eigenvalue weighted by Crippen LogP contribution is 2.08. The molecule has 0 radical (unpaired) electrons. The number of aromatic nitrogens is 1. The zero-order valence-corrected chi connectivity index (χ0v) is 7.14. The fraction of sp³-hybridized carbons (Fsp3) is 0. The van der Waals surface area contributed by atoms with Gasteiger partial charge in [-0.15, -0.1) is 6.42 Å². The fourth-order valence-electron chi connectivity index (χ4n) is 1.24. The van der Waals surface area contributed by atoms with E-state index in [2.05, 4.69) is 5.92 Å². The molecule has 0 aliphatic rings. The second-order valence-electron chi connectivity index (χ2n) is 2.78. The Morgan fingerprint density at radius 2 is 1.62 bits per heavy atom. The molecule has 0 unspecified atom stereocenters. The molecule has 0 bridgehead atoms. The smallest absolute Gasteiger partial charge is 0.0450 e. The zero-order valence-electron chi connectivity index (χ0n) is 7.14. The van der Waals surface area contributed by atoms with Crippen LogP contribution in [0.15, 0.2) is 48.8 Å². The van der Waals surface area contributed by atoms with Crippen molar-refractivity contribution in [3.05, 3.63) is 54.4 Å². The predicted molar refractivity (Wildman–Crippen MR) is 53.7 cm³/mol. The highest BCUT2D eigenvalue weighted by Gasteiger charge is 1.92. The van der Waals surface area contributed by atoms with Crippen LogP contribution in [-0.2, 0) is 0 Å². The minimum Gasteiger partial charge on any atom is -0.324 e. The van der Waals surface area contributed by atoms with Crippen LogP contribution in [0.1, 0.15) is 5.56 Å². The van der Waals surface area contributed by atoms with Gasteiger partial charge in [0.05, 0.1) is 0 Å². The van der Waals surface area contributed by atoms with E-state index in [1.165, 1.54) is 0 Å². The third-order valence-electron chi connectivity index (χ3n) is 1.94. The molecule has 1 aromatic heterocycles. The van der Waals surface area contributed by atoms with Gasteiger partial charge in [0.2, 0.25) is 0 Å².